The quantitative estimate of drug-likeness (QED) is 0.845. The first-order valence-corrected chi connectivity index (χ1v) is 6.82. The van der Waals surface area contributed by atoms with Crippen molar-refractivity contribution in [2.24, 2.45) is 5.73 Å². The van der Waals surface area contributed by atoms with Crippen LogP contribution in [0, 0.1) is 5.82 Å². The van der Waals surface area contributed by atoms with Gasteiger partial charge in [0, 0.05) is 12.1 Å². The van der Waals surface area contributed by atoms with Gasteiger partial charge in [0.1, 0.15) is 17.3 Å². The van der Waals surface area contributed by atoms with Gasteiger partial charge in [0.05, 0.1) is 9.50 Å². The molecule has 0 spiro atoms. The lowest BCUT2D eigenvalue weighted by atomic mass is 10.1. The minimum atomic E-state index is -0.472. The van der Waals surface area contributed by atoms with E-state index in [0.717, 1.165) is 10.0 Å². The standard InChI is InChI=1S/C14H12BrClFNO/c1-8(18)9-2-5-14(11(15)6-9)19-10-3-4-13(17)12(16)7-10/h2-8H,18H2,1H3/t8-/m1/s1. The summed E-state index contributed by atoms with van der Waals surface area (Å²) in [6, 6.07) is 9.75. The molecule has 1 atom stereocenters. The number of hydrogen-bond acceptors (Lipinski definition) is 2. The fourth-order valence-corrected chi connectivity index (χ4v) is 2.20. The zero-order chi connectivity index (χ0) is 14.0. The Balaban J connectivity index is 2.25. The fraction of sp³-hybridized carbons (Fsp3) is 0.143. The zero-order valence-electron chi connectivity index (χ0n) is 10.2. The van der Waals surface area contributed by atoms with Crippen LogP contribution in [-0.4, -0.2) is 0 Å². The van der Waals surface area contributed by atoms with E-state index in [-0.39, 0.29) is 11.1 Å². The molecule has 0 bridgehead atoms. The Morgan fingerprint density at radius 2 is 2.00 bits per heavy atom. The maximum Gasteiger partial charge on any atom is 0.142 e. The van der Waals surface area contributed by atoms with Gasteiger partial charge in [-0.3, -0.25) is 0 Å². The molecule has 0 unspecified atom stereocenters. The Bertz CT molecular complexity index is 604. The smallest absolute Gasteiger partial charge is 0.142 e. The van der Waals surface area contributed by atoms with Crippen molar-refractivity contribution >= 4 is 27.5 Å². The number of halogens is 3. The first kappa shape index (κ1) is 14.3. The summed E-state index contributed by atoms with van der Waals surface area (Å²) in [6.45, 7) is 1.90. The highest BCUT2D eigenvalue weighted by Crippen LogP contribution is 2.33. The summed E-state index contributed by atoms with van der Waals surface area (Å²) in [4.78, 5) is 0. The van der Waals surface area contributed by atoms with Gasteiger partial charge in [-0.1, -0.05) is 17.7 Å². The highest BCUT2D eigenvalue weighted by molar-refractivity contribution is 9.10. The zero-order valence-corrected chi connectivity index (χ0v) is 12.5. The largest absolute Gasteiger partial charge is 0.456 e. The molecule has 0 heterocycles. The van der Waals surface area contributed by atoms with Crippen LogP contribution in [0.1, 0.15) is 18.5 Å². The van der Waals surface area contributed by atoms with Crippen LogP contribution in [0.25, 0.3) is 0 Å². The van der Waals surface area contributed by atoms with Gasteiger partial charge in [-0.25, -0.2) is 4.39 Å². The molecule has 0 aliphatic heterocycles. The highest BCUT2D eigenvalue weighted by atomic mass is 79.9. The first-order chi connectivity index (χ1) is 8.97. The van der Waals surface area contributed by atoms with Crippen molar-refractivity contribution in [1.29, 1.82) is 0 Å². The van der Waals surface area contributed by atoms with Crippen LogP contribution in [0.15, 0.2) is 40.9 Å². The SMILES string of the molecule is C[C@@H](N)c1ccc(Oc2ccc(F)c(Cl)c2)c(Br)c1. The van der Waals surface area contributed by atoms with E-state index in [1.165, 1.54) is 18.2 Å². The third kappa shape index (κ3) is 3.47. The molecular formula is C14H12BrClFNO. The second-order valence-corrected chi connectivity index (χ2v) is 5.42. The van der Waals surface area contributed by atoms with Crippen LogP contribution in [0.4, 0.5) is 4.39 Å². The maximum atomic E-state index is 13.0. The molecule has 0 saturated carbocycles. The second-order valence-electron chi connectivity index (χ2n) is 4.16. The molecule has 100 valence electrons. The van der Waals surface area contributed by atoms with Crippen LogP contribution in [0.2, 0.25) is 5.02 Å². The number of hydrogen-bond donors (Lipinski definition) is 1. The van der Waals surface area contributed by atoms with Gasteiger partial charge in [-0.2, -0.15) is 0 Å². The normalized spacial score (nSPS) is 12.3. The number of rotatable bonds is 3. The molecule has 0 saturated heterocycles. The van der Waals surface area contributed by atoms with Gasteiger partial charge < -0.3 is 10.5 Å². The van der Waals surface area contributed by atoms with Crippen molar-refractivity contribution in [2.75, 3.05) is 0 Å². The van der Waals surface area contributed by atoms with Crippen molar-refractivity contribution in [2.45, 2.75) is 13.0 Å². The Morgan fingerprint density at radius 3 is 2.58 bits per heavy atom. The van der Waals surface area contributed by atoms with Crippen molar-refractivity contribution in [1.82, 2.24) is 0 Å². The fourth-order valence-electron chi connectivity index (χ4n) is 1.55. The molecule has 0 aliphatic rings. The predicted molar refractivity (Wildman–Crippen MR) is 78.2 cm³/mol. The van der Waals surface area contributed by atoms with E-state index < -0.39 is 5.82 Å². The summed E-state index contributed by atoms with van der Waals surface area (Å²) in [6.07, 6.45) is 0. The van der Waals surface area contributed by atoms with Crippen LogP contribution in [0.5, 0.6) is 11.5 Å². The summed E-state index contributed by atoms with van der Waals surface area (Å²) in [5.74, 6) is 0.619. The van der Waals surface area contributed by atoms with Gasteiger partial charge in [-0.15, -0.1) is 0 Å². The average Bonchev–Trinajstić information content (AvgIpc) is 2.36. The maximum absolute atomic E-state index is 13.0. The first-order valence-electron chi connectivity index (χ1n) is 5.65. The molecule has 2 rings (SSSR count). The van der Waals surface area contributed by atoms with E-state index in [0.29, 0.717) is 11.5 Å². The molecule has 0 fully saturated rings. The summed E-state index contributed by atoms with van der Waals surface area (Å²) in [7, 11) is 0. The Kier molecular flexibility index (Phi) is 4.45. The lowest BCUT2D eigenvalue weighted by molar-refractivity contribution is 0.477. The summed E-state index contributed by atoms with van der Waals surface area (Å²) >= 11 is 9.12. The Morgan fingerprint density at radius 1 is 1.26 bits per heavy atom. The van der Waals surface area contributed by atoms with Crippen LogP contribution < -0.4 is 10.5 Å². The van der Waals surface area contributed by atoms with Crippen molar-refractivity contribution < 1.29 is 9.13 Å². The van der Waals surface area contributed by atoms with Gasteiger partial charge in [0.25, 0.3) is 0 Å². The number of ether oxygens (including phenoxy) is 1. The number of benzene rings is 2. The Hall–Kier alpha value is -1.10. The van der Waals surface area contributed by atoms with Gasteiger partial charge in [0.15, 0.2) is 0 Å². The number of nitrogens with two attached hydrogens (primary N) is 1. The second kappa shape index (κ2) is 5.90. The molecule has 0 radical (unpaired) electrons. The molecule has 2 nitrogen and oxygen atoms in total. The van der Waals surface area contributed by atoms with Crippen LogP contribution in [-0.2, 0) is 0 Å². The third-order valence-corrected chi connectivity index (χ3v) is 3.51. The topological polar surface area (TPSA) is 35.2 Å². The molecule has 2 aromatic carbocycles. The van der Waals surface area contributed by atoms with Crippen molar-refractivity contribution in [3.8, 4) is 11.5 Å². The average molecular weight is 345 g/mol. The molecule has 0 aromatic heterocycles. The summed E-state index contributed by atoms with van der Waals surface area (Å²) in [5, 5.41) is 0.0285. The Labute approximate surface area is 124 Å². The monoisotopic (exact) mass is 343 g/mol. The van der Waals surface area contributed by atoms with Gasteiger partial charge in [-0.05, 0) is 52.7 Å². The van der Waals surface area contributed by atoms with E-state index in [1.54, 1.807) is 6.07 Å². The van der Waals surface area contributed by atoms with Crippen molar-refractivity contribution in [3.63, 3.8) is 0 Å². The molecular weight excluding hydrogens is 333 g/mol. The van der Waals surface area contributed by atoms with Gasteiger partial charge in [0.2, 0.25) is 0 Å². The van der Waals surface area contributed by atoms with E-state index in [4.69, 9.17) is 22.1 Å². The molecule has 0 amide bonds. The van der Waals surface area contributed by atoms with Crippen LogP contribution in [0.3, 0.4) is 0 Å². The lowest BCUT2D eigenvalue weighted by Crippen LogP contribution is -2.04. The lowest BCUT2D eigenvalue weighted by Gasteiger charge is -2.11. The highest BCUT2D eigenvalue weighted by Gasteiger charge is 2.08. The minimum absolute atomic E-state index is 0.0285. The molecule has 2 aromatic rings. The van der Waals surface area contributed by atoms with E-state index in [2.05, 4.69) is 15.9 Å². The van der Waals surface area contributed by atoms with E-state index >= 15 is 0 Å². The summed E-state index contributed by atoms with van der Waals surface area (Å²) in [5.41, 5.74) is 6.80. The van der Waals surface area contributed by atoms with E-state index in [9.17, 15) is 4.39 Å². The third-order valence-electron chi connectivity index (χ3n) is 2.60. The molecule has 5 heteroatoms. The van der Waals surface area contributed by atoms with Crippen molar-refractivity contribution in [3.05, 3.63) is 57.3 Å². The van der Waals surface area contributed by atoms with E-state index in [1.807, 2.05) is 19.1 Å². The molecule has 2 N–H and O–H groups in total. The minimum Gasteiger partial charge on any atom is -0.456 e. The summed E-state index contributed by atoms with van der Waals surface area (Å²) < 4.78 is 19.5. The molecule has 19 heavy (non-hydrogen) atoms. The molecule has 0 aliphatic carbocycles. The van der Waals surface area contributed by atoms with Gasteiger partial charge >= 0.3 is 0 Å². The van der Waals surface area contributed by atoms with Crippen LogP contribution >= 0.6 is 27.5 Å². The predicted octanol–water partition coefficient (Wildman–Crippen LogP) is 5.05.